The van der Waals surface area contributed by atoms with Crippen LogP contribution in [-0.2, 0) is 13.5 Å². The molecular weight excluding hydrogens is 240 g/mol. The van der Waals surface area contributed by atoms with Gasteiger partial charge in [0.15, 0.2) is 0 Å². The van der Waals surface area contributed by atoms with Crippen molar-refractivity contribution in [2.45, 2.75) is 20.3 Å². The highest BCUT2D eigenvalue weighted by atomic mass is 16.1. The van der Waals surface area contributed by atoms with Crippen LogP contribution in [0.1, 0.15) is 28.5 Å². The zero-order valence-corrected chi connectivity index (χ0v) is 11.4. The van der Waals surface area contributed by atoms with Gasteiger partial charge in [-0.05, 0) is 25.0 Å². The van der Waals surface area contributed by atoms with Gasteiger partial charge in [0.2, 0.25) is 0 Å². The van der Waals surface area contributed by atoms with Crippen LogP contribution in [0.5, 0.6) is 0 Å². The summed E-state index contributed by atoms with van der Waals surface area (Å²) in [6, 6.07) is 7.74. The smallest absolute Gasteiger partial charge is 0.261 e. The van der Waals surface area contributed by atoms with Crippen molar-refractivity contribution in [3.8, 4) is 0 Å². The number of anilines is 2. The van der Waals surface area contributed by atoms with Gasteiger partial charge in [-0.25, -0.2) is 0 Å². The summed E-state index contributed by atoms with van der Waals surface area (Å²) in [6.45, 7) is 3.83. The van der Waals surface area contributed by atoms with Gasteiger partial charge in [0.25, 0.3) is 5.91 Å². The van der Waals surface area contributed by atoms with E-state index in [1.807, 2.05) is 24.3 Å². The predicted octanol–water partition coefficient (Wildman–Crippen LogP) is 2.13. The Morgan fingerprint density at radius 2 is 2.11 bits per heavy atom. The summed E-state index contributed by atoms with van der Waals surface area (Å²) in [5.74, 6) is 0.160. The van der Waals surface area contributed by atoms with Gasteiger partial charge in [0.1, 0.15) is 11.4 Å². The highest BCUT2D eigenvalue weighted by molar-refractivity contribution is 6.08. The first-order chi connectivity index (χ1) is 9.04. The van der Waals surface area contributed by atoms with Crippen LogP contribution in [0, 0.1) is 6.92 Å². The Bertz CT molecular complexity index is 616. The van der Waals surface area contributed by atoms with E-state index in [9.17, 15) is 4.79 Å². The summed E-state index contributed by atoms with van der Waals surface area (Å²) in [6.07, 6.45) is 0.859. The normalized spacial score (nSPS) is 10.5. The number of nitrogens with zero attached hydrogens (tertiary/aromatic N) is 2. The van der Waals surface area contributed by atoms with Gasteiger partial charge in [-0.3, -0.25) is 9.48 Å². The van der Waals surface area contributed by atoms with Gasteiger partial charge in [0.05, 0.1) is 5.69 Å². The minimum Gasteiger partial charge on any atom is -0.383 e. The number of benzene rings is 1. The maximum absolute atomic E-state index is 12.3. The Morgan fingerprint density at radius 3 is 2.68 bits per heavy atom. The molecule has 2 aromatic rings. The second-order valence-corrected chi connectivity index (χ2v) is 4.43. The largest absolute Gasteiger partial charge is 0.383 e. The monoisotopic (exact) mass is 258 g/mol. The van der Waals surface area contributed by atoms with Crippen LogP contribution in [0.3, 0.4) is 0 Å². The van der Waals surface area contributed by atoms with E-state index < -0.39 is 0 Å². The highest BCUT2D eigenvalue weighted by Gasteiger charge is 2.18. The number of hydrogen-bond donors (Lipinski definition) is 2. The van der Waals surface area contributed by atoms with Gasteiger partial charge >= 0.3 is 0 Å². The van der Waals surface area contributed by atoms with E-state index in [0.29, 0.717) is 17.1 Å². The molecule has 0 unspecified atom stereocenters. The molecule has 5 heteroatoms. The number of amides is 1. The Labute approximate surface area is 112 Å². The van der Waals surface area contributed by atoms with Crippen molar-refractivity contribution < 1.29 is 4.79 Å². The summed E-state index contributed by atoms with van der Waals surface area (Å²) < 4.78 is 1.51. The molecule has 19 heavy (non-hydrogen) atoms. The van der Waals surface area contributed by atoms with Crippen molar-refractivity contribution in [1.82, 2.24) is 9.78 Å². The first-order valence-electron chi connectivity index (χ1n) is 6.23. The van der Waals surface area contributed by atoms with Crippen LogP contribution >= 0.6 is 0 Å². The molecule has 1 heterocycles. The Balaban J connectivity index is 2.31. The minimum atomic E-state index is -0.219. The summed E-state index contributed by atoms with van der Waals surface area (Å²) in [4.78, 5) is 12.3. The number of aryl methyl sites for hydroxylation is 3. The van der Waals surface area contributed by atoms with Crippen molar-refractivity contribution in [2.75, 3.05) is 11.1 Å². The van der Waals surface area contributed by atoms with Crippen LogP contribution in [0.2, 0.25) is 0 Å². The van der Waals surface area contributed by atoms with Crippen molar-refractivity contribution >= 4 is 17.4 Å². The molecule has 0 saturated carbocycles. The third-order valence-electron chi connectivity index (χ3n) is 3.14. The maximum atomic E-state index is 12.3. The summed E-state index contributed by atoms with van der Waals surface area (Å²) >= 11 is 0. The predicted molar refractivity (Wildman–Crippen MR) is 76.1 cm³/mol. The van der Waals surface area contributed by atoms with Crippen molar-refractivity contribution in [3.63, 3.8) is 0 Å². The number of carbonyl (C=O) groups is 1. The van der Waals surface area contributed by atoms with E-state index in [4.69, 9.17) is 5.73 Å². The summed E-state index contributed by atoms with van der Waals surface area (Å²) in [5.41, 5.74) is 8.85. The summed E-state index contributed by atoms with van der Waals surface area (Å²) in [5, 5.41) is 7.05. The number of nitrogens with one attached hydrogen (secondary N) is 1. The lowest BCUT2D eigenvalue weighted by Crippen LogP contribution is -2.15. The summed E-state index contributed by atoms with van der Waals surface area (Å²) in [7, 11) is 1.72. The average molecular weight is 258 g/mol. The second kappa shape index (κ2) is 5.14. The van der Waals surface area contributed by atoms with E-state index in [-0.39, 0.29) is 5.91 Å². The topological polar surface area (TPSA) is 72.9 Å². The van der Waals surface area contributed by atoms with E-state index in [2.05, 4.69) is 17.3 Å². The van der Waals surface area contributed by atoms with E-state index in [1.54, 1.807) is 14.0 Å². The fourth-order valence-electron chi connectivity index (χ4n) is 2.09. The lowest BCUT2D eigenvalue weighted by Gasteiger charge is -2.09. The number of nitrogens with two attached hydrogens (primary N) is 1. The van der Waals surface area contributed by atoms with Gasteiger partial charge in [-0.1, -0.05) is 25.1 Å². The molecule has 0 aliphatic carbocycles. The molecule has 1 amide bonds. The van der Waals surface area contributed by atoms with Crippen LogP contribution < -0.4 is 11.1 Å². The second-order valence-electron chi connectivity index (χ2n) is 4.43. The van der Waals surface area contributed by atoms with Crippen LogP contribution in [0.4, 0.5) is 11.5 Å². The maximum Gasteiger partial charge on any atom is 0.261 e. The Morgan fingerprint density at radius 1 is 1.42 bits per heavy atom. The first-order valence-corrected chi connectivity index (χ1v) is 6.23. The number of rotatable bonds is 3. The molecular formula is C14H18N4O. The van der Waals surface area contributed by atoms with E-state index in [0.717, 1.165) is 17.7 Å². The van der Waals surface area contributed by atoms with Crippen LogP contribution in [0.15, 0.2) is 24.3 Å². The SMILES string of the molecule is CCc1ccccc1NC(=O)c1c(C)nn(C)c1N. The number of nitrogen functional groups attached to an aromatic ring is 1. The van der Waals surface area contributed by atoms with Crippen molar-refractivity contribution in [1.29, 1.82) is 0 Å². The lowest BCUT2D eigenvalue weighted by molar-refractivity contribution is 0.102. The molecule has 100 valence electrons. The molecule has 0 radical (unpaired) electrons. The number of carbonyl (C=O) groups excluding carboxylic acids is 1. The fourth-order valence-corrected chi connectivity index (χ4v) is 2.09. The van der Waals surface area contributed by atoms with Gasteiger partial charge in [-0.15, -0.1) is 0 Å². The van der Waals surface area contributed by atoms with E-state index >= 15 is 0 Å². The van der Waals surface area contributed by atoms with Gasteiger partial charge in [0, 0.05) is 12.7 Å². The number of aromatic nitrogens is 2. The molecule has 1 aromatic heterocycles. The molecule has 2 rings (SSSR count). The Hall–Kier alpha value is -2.30. The van der Waals surface area contributed by atoms with Gasteiger partial charge in [-0.2, -0.15) is 5.10 Å². The third kappa shape index (κ3) is 2.45. The van der Waals surface area contributed by atoms with Gasteiger partial charge < -0.3 is 11.1 Å². The standard InChI is InChI=1S/C14H18N4O/c1-4-10-7-5-6-8-11(10)16-14(19)12-9(2)17-18(3)13(12)15/h5-8H,4,15H2,1-3H3,(H,16,19). The molecule has 0 saturated heterocycles. The number of para-hydroxylation sites is 1. The zero-order chi connectivity index (χ0) is 14.0. The van der Waals surface area contributed by atoms with Crippen LogP contribution in [0.25, 0.3) is 0 Å². The molecule has 3 N–H and O–H groups in total. The average Bonchev–Trinajstić information content (AvgIpc) is 2.64. The lowest BCUT2D eigenvalue weighted by atomic mass is 10.1. The van der Waals surface area contributed by atoms with Crippen molar-refractivity contribution in [3.05, 3.63) is 41.1 Å². The molecule has 0 bridgehead atoms. The minimum absolute atomic E-state index is 0.219. The number of hydrogen-bond acceptors (Lipinski definition) is 3. The molecule has 5 nitrogen and oxygen atoms in total. The van der Waals surface area contributed by atoms with E-state index in [1.165, 1.54) is 4.68 Å². The third-order valence-corrected chi connectivity index (χ3v) is 3.14. The quantitative estimate of drug-likeness (QED) is 0.885. The fraction of sp³-hybridized carbons (Fsp3) is 0.286. The molecule has 0 aliphatic rings. The molecule has 1 aromatic carbocycles. The zero-order valence-electron chi connectivity index (χ0n) is 11.4. The molecule has 0 aliphatic heterocycles. The molecule has 0 atom stereocenters. The highest BCUT2D eigenvalue weighted by Crippen LogP contribution is 2.20. The van der Waals surface area contributed by atoms with Crippen molar-refractivity contribution in [2.24, 2.45) is 7.05 Å². The Kier molecular flexibility index (Phi) is 3.55. The van der Waals surface area contributed by atoms with Crippen LogP contribution in [-0.4, -0.2) is 15.7 Å². The molecule has 0 fully saturated rings. The first kappa shape index (κ1) is 13.1. The molecule has 0 spiro atoms.